The Morgan fingerprint density at radius 1 is 1.09 bits per heavy atom. The van der Waals surface area contributed by atoms with Gasteiger partial charge in [-0.25, -0.2) is 4.79 Å². The maximum atomic E-state index is 10.8. The summed E-state index contributed by atoms with van der Waals surface area (Å²) < 4.78 is 0. The lowest BCUT2D eigenvalue weighted by molar-refractivity contribution is 0.0697. The van der Waals surface area contributed by atoms with Gasteiger partial charge < -0.3 is 15.7 Å². The maximum Gasteiger partial charge on any atom is 0.335 e. The van der Waals surface area contributed by atoms with Gasteiger partial charge in [0.2, 0.25) is 0 Å². The van der Waals surface area contributed by atoms with Gasteiger partial charge >= 0.3 is 5.97 Å². The summed E-state index contributed by atoms with van der Waals surface area (Å²) in [5.41, 5.74) is 8.92. The Labute approximate surface area is 135 Å². The number of carbonyl (C=O) groups is 1. The van der Waals surface area contributed by atoms with Crippen molar-refractivity contribution in [1.82, 2.24) is 0 Å². The van der Waals surface area contributed by atoms with Gasteiger partial charge in [0.25, 0.3) is 0 Å². The molecule has 0 atom stereocenters. The predicted molar refractivity (Wildman–Crippen MR) is 92.0 cm³/mol. The first-order valence-electron chi connectivity index (χ1n) is 7.44. The lowest BCUT2D eigenvalue weighted by Gasteiger charge is -2.21. The fraction of sp³-hybridized carbons (Fsp3) is 0.235. The Kier molecular flexibility index (Phi) is 5.30. The number of carboxylic acids is 1. The molecule has 2 aromatic carbocycles. The molecule has 0 aliphatic carbocycles. The third kappa shape index (κ3) is 4.06. The van der Waals surface area contributed by atoms with Crippen LogP contribution in [-0.4, -0.2) is 24.2 Å². The van der Waals surface area contributed by atoms with Gasteiger partial charge in [-0.2, -0.15) is 5.11 Å². The van der Waals surface area contributed by atoms with E-state index in [1.54, 1.807) is 12.1 Å². The molecule has 2 aromatic rings. The van der Waals surface area contributed by atoms with E-state index >= 15 is 0 Å². The molecule has 0 aromatic heterocycles. The van der Waals surface area contributed by atoms with Crippen molar-refractivity contribution < 1.29 is 9.90 Å². The van der Waals surface area contributed by atoms with Crippen LogP contribution >= 0.6 is 0 Å². The molecule has 0 saturated heterocycles. The van der Waals surface area contributed by atoms with Gasteiger partial charge in [-0.3, -0.25) is 0 Å². The summed E-state index contributed by atoms with van der Waals surface area (Å²) in [6.07, 6.45) is 0. The van der Waals surface area contributed by atoms with E-state index in [1.165, 1.54) is 12.1 Å². The first-order chi connectivity index (χ1) is 11.0. The quantitative estimate of drug-likeness (QED) is 0.617. The summed E-state index contributed by atoms with van der Waals surface area (Å²) in [7, 11) is 0. The highest BCUT2D eigenvalue weighted by Crippen LogP contribution is 2.29. The SMILES string of the molecule is CCN(CC)c1ccc(N)c(N=Nc2ccc(C(=O)O)cc2)c1. The average Bonchev–Trinajstić information content (AvgIpc) is 2.56. The molecule has 6 heteroatoms. The lowest BCUT2D eigenvalue weighted by Crippen LogP contribution is -2.21. The Balaban J connectivity index is 2.24. The minimum atomic E-state index is -0.968. The second-order valence-electron chi connectivity index (χ2n) is 4.97. The number of azo groups is 1. The average molecular weight is 312 g/mol. The van der Waals surface area contributed by atoms with Crippen LogP contribution in [0.15, 0.2) is 52.7 Å². The van der Waals surface area contributed by atoms with Crippen molar-refractivity contribution in [2.24, 2.45) is 10.2 Å². The zero-order valence-corrected chi connectivity index (χ0v) is 13.2. The Morgan fingerprint density at radius 3 is 2.30 bits per heavy atom. The number of aromatic carboxylic acids is 1. The number of carboxylic acid groups (broad SMARTS) is 1. The van der Waals surface area contributed by atoms with Crippen LogP contribution in [0.5, 0.6) is 0 Å². The van der Waals surface area contributed by atoms with Crippen molar-refractivity contribution >= 4 is 28.7 Å². The minimum absolute atomic E-state index is 0.215. The molecule has 0 amide bonds. The summed E-state index contributed by atoms with van der Waals surface area (Å²) in [5, 5.41) is 17.2. The molecular formula is C17H20N4O2. The van der Waals surface area contributed by atoms with E-state index in [4.69, 9.17) is 10.8 Å². The van der Waals surface area contributed by atoms with Gasteiger partial charge in [0.1, 0.15) is 5.69 Å². The molecular weight excluding hydrogens is 292 g/mol. The second kappa shape index (κ2) is 7.40. The van der Waals surface area contributed by atoms with E-state index in [0.717, 1.165) is 18.8 Å². The monoisotopic (exact) mass is 312 g/mol. The molecule has 0 fully saturated rings. The smallest absolute Gasteiger partial charge is 0.335 e. The molecule has 3 N–H and O–H groups in total. The van der Waals surface area contributed by atoms with Crippen molar-refractivity contribution in [1.29, 1.82) is 0 Å². The Bertz CT molecular complexity index is 707. The van der Waals surface area contributed by atoms with E-state index in [-0.39, 0.29) is 5.56 Å². The number of rotatable bonds is 6. The molecule has 2 rings (SSSR count). The number of hydrogen-bond donors (Lipinski definition) is 2. The fourth-order valence-corrected chi connectivity index (χ4v) is 2.19. The lowest BCUT2D eigenvalue weighted by atomic mass is 10.2. The zero-order valence-electron chi connectivity index (χ0n) is 13.2. The van der Waals surface area contributed by atoms with E-state index in [2.05, 4.69) is 29.0 Å². The first kappa shape index (κ1) is 16.5. The summed E-state index contributed by atoms with van der Waals surface area (Å²) in [4.78, 5) is 13.0. The molecule has 6 nitrogen and oxygen atoms in total. The Hall–Kier alpha value is -2.89. The number of nitrogen functional groups attached to an aromatic ring is 1. The number of nitrogens with two attached hydrogens (primary N) is 1. The van der Waals surface area contributed by atoms with Crippen LogP contribution in [0.2, 0.25) is 0 Å². The number of hydrogen-bond acceptors (Lipinski definition) is 5. The molecule has 0 aliphatic heterocycles. The molecule has 0 aliphatic rings. The molecule has 23 heavy (non-hydrogen) atoms. The second-order valence-corrected chi connectivity index (χ2v) is 4.97. The van der Waals surface area contributed by atoms with Crippen LogP contribution in [0.1, 0.15) is 24.2 Å². The Morgan fingerprint density at radius 2 is 1.74 bits per heavy atom. The molecule has 120 valence electrons. The van der Waals surface area contributed by atoms with Crippen molar-refractivity contribution in [2.45, 2.75) is 13.8 Å². The van der Waals surface area contributed by atoms with Crippen molar-refractivity contribution in [2.75, 3.05) is 23.7 Å². The third-order valence-electron chi connectivity index (χ3n) is 3.53. The van der Waals surface area contributed by atoms with Crippen LogP contribution in [0.3, 0.4) is 0 Å². The number of benzene rings is 2. The van der Waals surface area contributed by atoms with E-state index < -0.39 is 5.97 Å². The third-order valence-corrected chi connectivity index (χ3v) is 3.53. The predicted octanol–water partition coefficient (Wildman–Crippen LogP) is 4.23. The van der Waals surface area contributed by atoms with E-state index in [0.29, 0.717) is 17.1 Å². The summed E-state index contributed by atoms with van der Waals surface area (Å²) >= 11 is 0. The molecule has 0 bridgehead atoms. The standard InChI is InChI=1S/C17H20N4O2/c1-3-21(4-2)14-9-10-15(18)16(11-14)20-19-13-7-5-12(6-8-13)17(22)23/h5-11H,3-4,18H2,1-2H3,(H,22,23). The number of nitrogens with zero attached hydrogens (tertiary/aromatic N) is 3. The normalized spacial score (nSPS) is 10.9. The maximum absolute atomic E-state index is 10.8. The van der Waals surface area contributed by atoms with Crippen molar-refractivity contribution in [3.8, 4) is 0 Å². The van der Waals surface area contributed by atoms with Crippen LogP contribution in [-0.2, 0) is 0 Å². The van der Waals surface area contributed by atoms with Crippen LogP contribution in [0.25, 0.3) is 0 Å². The fourth-order valence-electron chi connectivity index (χ4n) is 2.19. The largest absolute Gasteiger partial charge is 0.478 e. The van der Waals surface area contributed by atoms with Crippen LogP contribution in [0, 0.1) is 0 Å². The number of anilines is 2. The van der Waals surface area contributed by atoms with E-state index in [1.807, 2.05) is 18.2 Å². The summed E-state index contributed by atoms with van der Waals surface area (Å²) in [5.74, 6) is -0.968. The molecule has 0 radical (unpaired) electrons. The van der Waals surface area contributed by atoms with Gasteiger partial charge in [0.15, 0.2) is 0 Å². The van der Waals surface area contributed by atoms with Crippen LogP contribution in [0.4, 0.5) is 22.7 Å². The minimum Gasteiger partial charge on any atom is -0.478 e. The zero-order chi connectivity index (χ0) is 16.8. The van der Waals surface area contributed by atoms with Crippen molar-refractivity contribution in [3.63, 3.8) is 0 Å². The molecule has 0 unspecified atom stereocenters. The molecule has 0 heterocycles. The van der Waals surface area contributed by atoms with Gasteiger partial charge in [-0.05, 0) is 56.3 Å². The molecule has 0 saturated carbocycles. The van der Waals surface area contributed by atoms with Gasteiger partial charge in [0.05, 0.1) is 16.9 Å². The van der Waals surface area contributed by atoms with Gasteiger partial charge in [-0.15, -0.1) is 5.11 Å². The van der Waals surface area contributed by atoms with Gasteiger partial charge in [-0.1, -0.05) is 0 Å². The van der Waals surface area contributed by atoms with Gasteiger partial charge in [0, 0.05) is 18.8 Å². The van der Waals surface area contributed by atoms with Crippen LogP contribution < -0.4 is 10.6 Å². The highest BCUT2D eigenvalue weighted by atomic mass is 16.4. The highest BCUT2D eigenvalue weighted by molar-refractivity contribution is 5.87. The highest BCUT2D eigenvalue weighted by Gasteiger charge is 2.06. The molecule has 0 spiro atoms. The topological polar surface area (TPSA) is 91.3 Å². The summed E-state index contributed by atoms with van der Waals surface area (Å²) in [6.45, 7) is 5.97. The van der Waals surface area contributed by atoms with E-state index in [9.17, 15) is 4.79 Å². The van der Waals surface area contributed by atoms with Crippen molar-refractivity contribution in [3.05, 3.63) is 48.0 Å². The summed E-state index contributed by atoms with van der Waals surface area (Å²) in [6, 6.07) is 11.9. The first-order valence-corrected chi connectivity index (χ1v) is 7.44.